The zero-order valence-corrected chi connectivity index (χ0v) is 10.6. The third-order valence-corrected chi connectivity index (χ3v) is 3.96. The minimum atomic E-state index is 0.275. The van der Waals surface area contributed by atoms with Crippen LogP contribution >= 0.6 is 0 Å². The van der Waals surface area contributed by atoms with Crippen LogP contribution in [0.3, 0.4) is 0 Å². The van der Waals surface area contributed by atoms with Gasteiger partial charge >= 0.3 is 0 Å². The largest absolute Gasteiger partial charge is 0.380 e. The first kappa shape index (κ1) is 13.0. The highest BCUT2D eigenvalue weighted by atomic mass is 16.5. The topological polar surface area (TPSA) is 47.6 Å². The minimum Gasteiger partial charge on any atom is -0.380 e. The monoisotopic (exact) mass is 241 g/mol. The lowest BCUT2D eigenvalue weighted by Gasteiger charge is -2.26. The van der Waals surface area contributed by atoms with E-state index in [1.807, 2.05) is 0 Å². The van der Waals surface area contributed by atoms with Crippen molar-refractivity contribution in [3.05, 3.63) is 0 Å². The molecule has 0 aromatic rings. The number of hydrogen-bond donors (Lipinski definition) is 1. The highest BCUT2D eigenvalue weighted by Crippen LogP contribution is 2.25. The summed E-state index contributed by atoms with van der Waals surface area (Å²) in [5, 5.41) is 3.41. The van der Waals surface area contributed by atoms with E-state index < -0.39 is 0 Å². The van der Waals surface area contributed by atoms with E-state index in [1.165, 1.54) is 0 Å². The molecule has 1 aliphatic heterocycles. The molecule has 2 rings (SSSR count). The molecule has 1 saturated heterocycles. The Morgan fingerprint density at radius 1 is 1.24 bits per heavy atom. The summed E-state index contributed by atoms with van der Waals surface area (Å²) in [6, 6.07) is 0.434. The van der Waals surface area contributed by atoms with Crippen LogP contribution in [0.15, 0.2) is 0 Å². The Bertz CT molecular complexity index is 239. The fourth-order valence-electron chi connectivity index (χ4n) is 2.73. The zero-order chi connectivity index (χ0) is 12.1. The van der Waals surface area contributed by atoms with E-state index in [0.717, 1.165) is 51.5 Å². The molecule has 98 valence electrons. The van der Waals surface area contributed by atoms with E-state index in [0.29, 0.717) is 18.2 Å². The quantitative estimate of drug-likeness (QED) is 0.733. The van der Waals surface area contributed by atoms with E-state index in [1.54, 1.807) is 7.11 Å². The van der Waals surface area contributed by atoms with Crippen molar-refractivity contribution in [2.75, 3.05) is 20.3 Å². The van der Waals surface area contributed by atoms with E-state index in [4.69, 9.17) is 9.47 Å². The SMILES string of the molecule is CO[C@@H]1CN[C@H](COC2CCC(C=O)CC2)C1. The van der Waals surface area contributed by atoms with Crippen LogP contribution in [0.4, 0.5) is 0 Å². The van der Waals surface area contributed by atoms with Crippen LogP contribution < -0.4 is 5.32 Å². The number of hydrogen-bond acceptors (Lipinski definition) is 4. The third kappa shape index (κ3) is 3.76. The van der Waals surface area contributed by atoms with Gasteiger partial charge < -0.3 is 19.6 Å². The van der Waals surface area contributed by atoms with Gasteiger partial charge in [0.1, 0.15) is 6.29 Å². The Kier molecular flexibility index (Phi) is 4.95. The van der Waals surface area contributed by atoms with E-state index in [2.05, 4.69) is 5.32 Å². The molecule has 4 nitrogen and oxygen atoms in total. The van der Waals surface area contributed by atoms with Gasteiger partial charge in [0, 0.05) is 25.6 Å². The van der Waals surface area contributed by atoms with Crippen molar-refractivity contribution in [1.29, 1.82) is 0 Å². The second-order valence-electron chi connectivity index (χ2n) is 5.20. The number of rotatable bonds is 5. The molecule has 0 bridgehead atoms. The molecular formula is C13H23NO3. The predicted molar refractivity (Wildman–Crippen MR) is 65.0 cm³/mol. The average molecular weight is 241 g/mol. The van der Waals surface area contributed by atoms with Gasteiger partial charge in [0.15, 0.2) is 0 Å². The highest BCUT2D eigenvalue weighted by molar-refractivity contribution is 5.53. The van der Waals surface area contributed by atoms with Crippen molar-refractivity contribution in [2.45, 2.75) is 50.4 Å². The Balaban J connectivity index is 1.61. The maximum Gasteiger partial charge on any atom is 0.123 e. The summed E-state index contributed by atoms with van der Waals surface area (Å²) >= 11 is 0. The lowest BCUT2D eigenvalue weighted by molar-refractivity contribution is -0.112. The number of carbonyl (C=O) groups excluding carboxylic acids is 1. The predicted octanol–water partition coefficient (Wildman–Crippen LogP) is 1.14. The zero-order valence-electron chi connectivity index (χ0n) is 10.6. The first-order valence-electron chi connectivity index (χ1n) is 6.65. The van der Waals surface area contributed by atoms with E-state index >= 15 is 0 Å². The van der Waals surface area contributed by atoms with Crippen molar-refractivity contribution in [2.24, 2.45) is 5.92 Å². The first-order chi connectivity index (χ1) is 8.31. The second-order valence-corrected chi connectivity index (χ2v) is 5.20. The second kappa shape index (κ2) is 6.47. The van der Waals surface area contributed by atoms with Crippen LogP contribution in [0, 0.1) is 5.92 Å². The number of nitrogens with one attached hydrogen (secondary N) is 1. The van der Waals surface area contributed by atoms with E-state index in [9.17, 15) is 4.79 Å². The summed E-state index contributed by atoms with van der Waals surface area (Å²) in [6.07, 6.45) is 6.88. The van der Waals surface area contributed by atoms with Crippen molar-refractivity contribution in [3.8, 4) is 0 Å². The van der Waals surface area contributed by atoms with Crippen LogP contribution in [0.25, 0.3) is 0 Å². The summed E-state index contributed by atoms with van der Waals surface area (Å²) in [4.78, 5) is 10.6. The number of ether oxygens (including phenoxy) is 2. The molecule has 1 heterocycles. The number of aldehydes is 1. The summed E-state index contributed by atoms with van der Waals surface area (Å²) in [7, 11) is 1.76. The molecule has 0 spiro atoms. The van der Waals surface area contributed by atoms with Crippen molar-refractivity contribution < 1.29 is 14.3 Å². The normalized spacial score (nSPS) is 38.2. The molecule has 0 unspecified atom stereocenters. The van der Waals surface area contributed by atoms with Crippen LogP contribution in [-0.2, 0) is 14.3 Å². The molecule has 1 N–H and O–H groups in total. The summed E-state index contributed by atoms with van der Waals surface area (Å²) < 4.78 is 11.2. The van der Waals surface area contributed by atoms with Gasteiger partial charge in [-0.05, 0) is 32.1 Å². The van der Waals surface area contributed by atoms with Gasteiger partial charge in [-0.3, -0.25) is 0 Å². The van der Waals surface area contributed by atoms with Gasteiger partial charge in [0.25, 0.3) is 0 Å². The summed E-state index contributed by atoms with van der Waals surface area (Å²) in [6.45, 7) is 1.71. The molecule has 1 aliphatic carbocycles. The summed E-state index contributed by atoms with van der Waals surface area (Å²) in [5.41, 5.74) is 0. The highest BCUT2D eigenvalue weighted by Gasteiger charge is 2.26. The Hall–Kier alpha value is -0.450. The molecule has 0 aromatic carbocycles. The average Bonchev–Trinajstić information content (AvgIpc) is 2.85. The van der Waals surface area contributed by atoms with Crippen molar-refractivity contribution >= 4 is 6.29 Å². The molecule has 2 fully saturated rings. The van der Waals surface area contributed by atoms with Gasteiger partial charge in [-0.15, -0.1) is 0 Å². The fraction of sp³-hybridized carbons (Fsp3) is 0.923. The molecule has 0 amide bonds. The van der Waals surface area contributed by atoms with Crippen LogP contribution in [0.2, 0.25) is 0 Å². The maximum absolute atomic E-state index is 10.6. The van der Waals surface area contributed by atoms with Gasteiger partial charge in [0.05, 0.1) is 18.8 Å². The van der Waals surface area contributed by atoms with Gasteiger partial charge in [-0.25, -0.2) is 0 Å². The smallest absolute Gasteiger partial charge is 0.123 e. The van der Waals surface area contributed by atoms with Crippen LogP contribution in [-0.4, -0.2) is 44.8 Å². The molecule has 2 atom stereocenters. The van der Waals surface area contributed by atoms with Gasteiger partial charge in [-0.2, -0.15) is 0 Å². The van der Waals surface area contributed by atoms with Gasteiger partial charge in [0.2, 0.25) is 0 Å². The van der Waals surface area contributed by atoms with Gasteiger partial charge in [-0.1, -0.05) is 0 Å². The minimum absolute atomic E-state index is 0.275. The number of carbonyl (C=O) groups is 1. The first-order valence-corrected chi connectivity index (χ1v) is 6.65. The Morgan fingerprint density at radius 2 is 2.00 bits per heavy atom. The van der Waals surface area contributed by atoms with Crippen molar-refractivity contribution in [1.82, 2.24) is 5.32 Å². The molecule has 0 aromatic heterocycles. The Morgan fingerprint density at radius 3 is 2.59 bits per heavy atom. The molecule has 17 heavy (non-hydrogen) atoms. The Labute approximate surface area is 103 Å². The van der Waals surface area contributed by atoms with E-state index in [-0.39, 0.29) is 5.92 Å². The molecule has 2 aliphatic rings. The molecule has 4 heteroatoms. The molecule has 1 saturated carbocycles. The van der Waals surface area contributed by atoms with Crippen LogP contribution in [0.5, 0.6) is 0 Å². The van der Waals surface area contributed by atoms with Crippen molar-refractivity contribution in [3.63, 3.8) is 0 Å². The lowest BCUT2D eigenvalue weighted by atomic mass is 9.88. The summed E-state index contributed by atoms with van der Waals surface area (Å²) in [5.74, 6) is 0.275. The maximum atomic E-state index is 10.6. The third-order valence-electron chi connectivity index (χ3n) is 3.96. The molecule has 0 radical (unpaired) electrons. The standard InChI is InChI=1S/C13H23NO3/c1-16-13-6-11(14-7-13)9-17-12-4-2-10(8-15)3-5-12/h8,10-14H,2-7,9H2,1H3/t10?,11-,12?,13-/m0/s1. The fourth-order valence-corrected chi connectivity index (χ4v) is 2.73. The lowest BCUT2D eigenvalue weighted by Crippen LogP contribution is -2.31. The molecular weight excluding hydrogens is 218 g/mol. The van der Waals surface area contributed by atoms with Crippen LogP contribution in [0.1, 0.15) is 32.1 Å². The number of methoxy groups -OCH3 is 1.